The molecule has 0 aromatic rings. The second kappa shape index (κ2) is 3.06. The molecule has 0 aromatic heterocycles. The van der Waals surface area contributed by atoms with Crippen LogP contribution >= 0.6 is 0 Å². The quantitative estimate of drug-likeness (QED) is 0.386. The van der Waals surface area contributed by atoms with Crippen molar-refractivity contribution in [2.45, 2.75) is 12.6 Å². The van der Waals surface area contributed by atoms with E-state index >= 15 is 0 Å². The summed E-state index contributed by atoms with van der Waals surface area (Å²) in [5.41, 5.74) is 0. The highest BCUT2D eigenvalue weighted by atomic mass is 35.5. The average molecular weight is 155 g/mol. The van der Waals surface area contributed by atoms with Crippen LogP contribution in [0.1, 0.15) is 0 Å². The monoisotopic (exact) mass is 155 g/mol. The van der Waals surface area contributed by atoms with Gasteiger partial charge in [-0.05, 0) is 0 Å². The molecular weight excluding hydrogens is 154 g/mol. The summed E-state index contributed by atoms with van der Waals surface area (Å²) >= 11 is 0. The first kappa shape index (κ1) is 10.8. The minimum atomic E-state index is -5.33. The maximum absolute atomic E-state index is 10.4. The molecule has 0 aliphatic carbocycles. The van der Waals surface area contributed by atoms with Crippen LogP contribution in [0.3, 0.4) is 0 Å². The maximum Gasteiger partial charge on any atom is 0.450 e. The van der Waals surface area contributed by atoms with Gasteiger partial charge in [-0.3, -0.25) is 0 Å². The van der Waals surface area contributed by atoms with Crippen molar-refractivity contribution < 1.29 is 34.4 Å². The molecule has 0 saturated heterocycles. The SMILES string of the molecule is FC(F)C(F)(F)F.[Cl-]. The highest BCUT2D eigenvalue weighted by Gasteiger charge is 2.40. The van der Waals surface area contributed by atoms with E-state index in [0.717, 1.165) is 0 Å². The van der Waals surface area contributed by atoms with Crippen LogP contribution in [0.2, 0.25) is 0 Å². The molecule has 0 aliphatic rings. The summed E-state index contributed by atoms with van der Waals surface area (Å²) in [7, 11) is 0. The molecule has 0 atom stereocenters. The molecule has 0 rings (SSSR count). The number of hydrogen-bond donors (Lipinski definition) is 0. The Kier molecular flexibility index (Phi) is 4.15. The predicted octanol–water partition coefficient (Wildman–Crippen LogP) is -1.18. The molecule has 0 spiro atoms. The number of alkyl halides is 5. The van der Waals surface area contributed by atoms with Gasteiger partial charge in [-0.25, -0.2) is 8.78 Å². The topological polar surface area (TPSA) is 0 Å². The van der Waals surface area contributed by atoms with Crippen molar-refractivity contribution in [2.24, 2.45) is 0 Å². The largest absolute Gasteiger partial charge is 1.00 e. The van der Waals surface area contributed by atoms with E-state index in [1.165, 1.54) is 0 Å². The summed E-state index contributed by atoms with van der Waals surface area (Å²) in [5, 5.41) is 0. The highest BCUT2D eigenvalue weighted by molar-refractivity contribution is 4.48. The normalized spacial score (nSPS) is 11.2. The average Bonchev–Trinajstić information content (AvgIpc) is 1.31. The summed E-state index contributed by atoms with van der Waals surface area (Å²) < 4.78 is 52.1. The van der Waals surface area contributed by atoms with Crippen LogP contribution in [0.5, 0.6) is 0 Å². The smallest absolute Gasteiger partial charge is 0.450 e. The molecule has 0 saturated carbocycles. The second-order valence-electron chi connectivity index (χ2n) is 0.842. The second-order valence-corrected chi connectivity index (χ2v) is 0.842. The van der Waals surface area contributed by atoms with Crippen molar-refractivity contribution >= 4 is 0 Å². The molecular formula is C2HClF5-. The standard InChI is InChI=1S/C2HF5.ClH/c3-1(4)2(5,6)7;/h1H;1H/p-1. The molecule has 0 radical (unpaired) electrons. The number of rotatable bonds is 0. The fourth-order valence-corrected chi connectivity index (χ4v) is 0. The van der Waals surface area contributed by atoms with Crippen LogP contribution < -0.4 is 12.4 Å². The molecule has 0 bridgehead atoms. The van der Waals surface area contributed by atoms with Gasteiger partial charge in [0.05, 0.1) is 0 Å². The first-order valence-corrected chi connectivity index (χ1v) is 1.29. The molecule has 0 aliphatic heterocycles. The van der Waals surface area contributed by atoms with Crippen LogP contribution in [0.15, 0.2) is 0 Å². The first-order valence-electron chi connectivity index (χ1n) is 1.29. The third kappa shape index (κ3) is 4.11. The lowest BCUT2D eigenvalue weighted by molar-refractivity contribution is -0.219. The summed E-state index contributed by atoms with van der Waals surface area (Å²) in [6.07, 6.45) is -9.53. The van der Waals surface area contributed by atoms with Crippen molar-refractivity contribution in [3.05, 3.63) is 0 Å². The highest BCUT2D eigenvalue weighted by Crippen LogP contribution is 2.22. The van der Waals surface area contributed by atoms with Crippen LogP contribution in [0, 0.1) is 0 Å². The summed E-state index contributed by atoms with van der Waals surface area (Å²) in [6.45, 7) is 0. The molecule has 0 amide bonds. The molecule has 8 heavy (non-hydrogen) atoms. The minimum absolute atomic E-state index is 0. The molecule has 0 aromatic carbocycles. The van der Waals surface area contributed by atoms with Gasteiger partial charge < -0.3 is 12.4 Å². The molecule has 0 unspecified atom stereocenters. The molecule has 52 valence electrons. The van der Waals surface area contributed by atoms with Gasteiger partial charge >= 0.3 is 12.6 Å². The van der Waals surface area contributed by atoms with Gasteiger partial charge in [-0.1, -0.05) is 0 Å². The van der Waals surface area contributed by atoms with Gasteiger partial charge in [0.25, 0.3) is 0 Å². The lowest BCUT2D eigenvalue weighted by Crippen LogP contribution is -3.00. The Bertz CT molecular complexity index is 55.9. The summed E-state index contributed by atoms with van der Waals surface area (Å²) in [4.78, 5) is 0. The van der Waals surface area contributed by atoms with E-state index < -0.39 is 12.6 Å². The Labute approximate surface area is 48.1 Å². The zero-order valence-corrected chi connectivity index (χ0v) is 4.10. The van der Waals surface area contributed by atoms with Crippen molar-refractivity contribution in [2.75, 3.05) is 0 Å². The zero-order chi connectivity index (χ0) is 6.08. The Morgan fingerprint density at radius 3 is 1.12 bits per heavy atom. The predicted molar refractivity (Wildman–Crippen MR) is 12.1 cm³/mol. The van der Waals surface area contributed by atoms with Crippen LogP contribution in [0.25, 0.3) is 0 Å². The zero-order valence-electron chi connectivity index (χ0n) is 3.35. The van der Waals surface area contributed by atoms with Crippen molar-refractivity contribution in [3.63, 3.8) is 0 Å². The van der Waals surface area contributed by atoms with E-state index in [0.29, 0.717) is 0 Å². The van der Waals surface area contributed by atoms with Crippen molar-refractivity contribution in [1.29, 1.82) is 0 Å². The van der Waals surface area contributed by atoms with E-state index in [4.69, 9.17) is 0 Å². The minimum Gasteiger partial charge on any atom is -1.00 e. The van der Waals surface area contributed by atoms with Gasteiger partial charge in [0.1, 0.15) is 0 Å². The van der Waals surface area contributed by atoms with E-state index in [2.05, 4.69) is 0 Å². The number of hydrogen-bond acceptors (Lipinski definition) is 0. The van der Waals surface area contributed by atoms with Crippen LogP contribution in [-0.4, -0.2) is 12.6 Å². The maximum atomic E-state index is 10.4. The third-order valence-electron chi connectivity index (χ3n) is 0.247. The van der Waals surface area contributed by atoms with Gasteiger partial charge in [0.2, 0.25) is 0 Å². The van der Waals surface area contributed by atoms with E-state index in [9.17, 15) is 22.0 Å². The number of halogens is 6. The van der Waals surface area contributed by atoms with E-state index in [1.54, 1.807) is 0 Å². The van der Waals surface area contributed by atoms with Gasteiger partial charge in [-0.2, -0.15) is 13.2 Å². The Morgan fingerprint density at radius 2 is 1.12 bits per heavy atom. The van der Waals surface area contributed by atoms with Gasteiger partial charge in [-0.15, -0.1) is 0 Å². The van der Waals surface area contributed by atoms with Gasteiger partial charge in [0, 0.05) is 0 Å². The first-order chi connectivity index (χ1) is 2.94. The van der Waals surface area contributed by atoms with Crippen LogP contribution in [0.4, 0.5) is 22.0 Å². The molecule has 6 heteroatoms. The van der Waals surface area contributed by atoms with Crippen molar-refractivity contribution in [3.8, 4) is 0 Å². The Balaban J connectivity index is 0. The Morgan fingerprint density at radius 1 is 1.00 bits per heavy atom. The third-order valence-corrected chi connectivity index (χ3v) is 0.247. The fourth-order valence-electron chi connectivity index (χ4n) is 0. The lowest BCUT2D eigenvalue weighted by atomic mass is 10.7. The van der Waals surface area contributed by atoms with E-state index in [-0.39, 0.29) is 12.4 Å². The lowest BCUT2D eigenvalue weighted by Gasteiger charge is -2.00. The molecule has 0 nitrogen and oxygen atoms in total. The molecule has 0 fully saturated rings. The molecule has 0 heterocycles. The molecule has 0 N–H and O–H groups in total. The van der Waals surface area contributed by atoms with Gasteiger partial charge in [0.15, 0.2) is 0 Å². The van der Waals surface area contributed by atoms with Crippen LogP contribution in [-0.2, 0) is 0 Å². The van der Waals surface area contributed by atoms with Crippen molar-refractivity contribution in [1.82, 2.24) is 0 Å². The fraction of sp³-hybridized carbons (Fsp3) is 1.00. The Hall–Kier alpha value is -0.0600. The van der Waals surface area contributed by atoms with E-state index in [1.807, 2.05) is 0 Å². The summed E-state index contributed by atoms with van der Waals surface area (Å²) in [6, 6.07) is 0. The summed E-state index contributed by atoms with van der Waals surface area (Å²) in [5.74, 6) is 0.